The van der Waals surface area contributed by atoms with Crippen LogP contribution >= 0.6 is 0 Å². The highest BCUT2D eigenvalue weighted by atomic mass is 16.5. The fraction of sp³-hybridized carbons (Fsp3) is 0.722. The van der Waals surface area contributed by atoms with E-state index in [1.54, 1.807) is 7.11 Å². The van der Waals surface area contributed by atoms with Crippen LogP contribution < -0.4 is 4.90 Å². The molecule has 0 bridgehead atoms. The number of hydrogen-bond donors (Lipinski definition) is 0. The minimum Gasteiger partial charge on any atom is -0.467 e. The number of nitrogens with zero attached hydrogens (tertiary/aromatic N) is 3. The van der Waals surface area contributed by atoms with E-state index >= 15 is 0 Å². The number of hydrogen-bond acceptors (Lipinski definition) is 6. The van der Waals surface area contributed by atoms with Gasteiger partial charge in [0.05, 0.1) is 18.9 Å². The molecule has 0 aliphatic carbocycles. The van der Waals surface area contributed by atoms with Crippen molar-refractivity contribution in [3.63, 3.8) is 0 Å². The van der Waals surface area contributed by atoms with E-state index in [0.717, 1.165) is 17.3 Å². The third-order valence-corrected chi connectivity index (χ3v) is 4.38. The lowest BCUT2D eigenvalue weighted by atomic mass is 9.91. The molecule has 1 aliphatic heterocycles. The summed E-state index contributed by atoms with van der Waals surface area (Å²) in [6.45, 7) is 11.2. The van der Waals surface area contributed by atoms with Crippen LogP contribution in [0, 0.1) is 0 Å². The van der Waals surface area contributed by atoms with Gasteiger partial charge in [-0.1, -0.05) is 34.6 Å². The Hall–Kier alpha value is -1.69. The topological polar surface area (TPSA) is 64.6 Å². The van der Waals surface area contributed by atoms with Crippen molar-refractivity contribution in [2.75, 3.05) is 25.7 Å². The maximum absolute atomic E-state index is 12.2. The number of ether oxygens (including phenoxy) is 2. The van der Waals surface area contributed by atoms with E-state index in [9.17, 15) is 4.79 Å². The maximum Gasteiger partial charge on any atom is 0.328 e. The predicted molar refractivity (Wildman–Crippen MR) is 93.4 cm³/mol. The summed E-state index contributed by atoms with van der Waals surface area (Å²) < 4.78 is 10.4. The second-order valence-electron chi connectivity index (χ2n) is 7.66. The van der Waals surface area contributed by atoms with Gasteiger partial charge in [-0.3, -0.25) is 0 Å². The zero-order valence-corrected chi connectivity index (χ0v) is 15.8. The van der Waals surface area contributed by atoms with Crippen LogP contribution in [-0.4, -0.2) is 48.8 Å². The molecule has 0 spiro atoms. The van der Waals surface area contributed by atoms with Crippen molar-refractivity contribution in [3.8, 4) is 0 Å². The largest absolute Gasteiger partial charge is 0.467 e. The van der Waals surface area contributed by atoms with Gasteiger partial charge in [0.25, 0.3) is 0 Å². The lowest BCUT2D eigenvalue weighted by Crippen LogP contribution is -2.38. The van der Waals surface area contributed by atoms with Gasteiger partial charge in [0.15, 0.2) is 0 Å². The standard InChI is InChI=1S/C18H29N3O3/c1-11(2)16-19-14(18(3,4)5)9-15(20-16)21-10-12(23-6)8-13(21)17(22)24-7/h9,11-13H,8,10H2,1-7H3. The summed E-state index contributed by atoms with van der Waals surface area (Å²) in [6.07, 6.45) is 0.597. The summed E-state index contributed by atoms with van der Waals surface area (Å²) in [4.78, 5) is 23.6. The van der Waals surface area contributed by atoms with Gasteiger partial charge in [-0.2, -0.15) is 0 Å². The number of aromatic nitrogens is 2. The Morgan fingerprint density at radius 1 is 1.29 bits per heavy atom. The molecule has 6 heteroatoms. The Morgan fingerprint density at radius 2 is 1.96 bits per heavy atom. The smallest absolute Gasteiger partial charge is 0.328 e. The molecule has 0 amide bonds. The lowest BCUT2D eigenvalue weighted by molar-refractivity contribution is -0.142. The van der Waals surface area contributed by atoms with Crippen LogP contribution in [0.2, 0.25) is 0 Å². The van der Waals surface area contributed by atoms with Gasteiger partial charge in [0.1, 0.15) is 17.7 Å². The molecule has 1 fully saturated rings. The Kier molecular flexibility index (Phi) is 5.48. The summed E-state index contributed by atoms with van der Waals surface area (Å²) in [5.41, 5.74) is 0.878. The molecule has 6 nitrogen and oxygen atoms in total. The number of methoxy groups -OCH3 is 2. The van der Waals surface area contributed by atoms with Crippen LogP contribution in [0.4, 0.5) is 5.82 Å². The quantitative estimate of drug-likeness (QED) is 0.788. The first-order chi connectivity index (χ1) is 11.2. The zero-order chi connectivity index (χ0) is 18.1. The first kappa shape index (κ1) is 18.6. The molecule has 0 N–H and O–H groups in total. The van der Waals surface area contributed by atoms with E-state index in [1.807, 2.05) is 11.0 Å². The van der Waals surface area contributed by atoms with Gasteiger partial charge in [-0.25, -0.2) is 14.8 Å². The average molecular weight is 335 g/mol. The summed E-state index contributed by atoms with van der Waals surface area (Å²) in [5.74, 6) is 1.52. The molecule has 0 radical (unpaired) electrons. The molecule has 1 aromatic heterocycles. The van der Waals surface area contributed by atoms with Gasteiger partial charge in [-0.05, 0) is 0 Å². The Balaban J connectivity index is 2.48. The molecule has 2 rings (SSSR count). The van der Waals surface area contributed by atoms with E-state index in [2.05, 4.69) is 34.6 Å². The van der Waals surface area contributed by atoms with Gasteiger partial charge >= 0.3 is 5.97 Å². The second kappa shape index (κ2) is 7.05. The number of esters is 1. The van der Waals surface area contributed by atoms with E-state index in [0.29, 0.717) is 13.0 Å². The number of rotatable bonds is 4. The fourth-order valence-corrected chi connectivity index (χ4v) is 2.82. The van der Waals surface area contributed by atoms with Gasteiger partial charge in [0.2, 0.25) is 0 Å². The molecular weight excluding hydrogens is 306 g/mol. The minimum absolute atomic E-state index is 0.00958. The highest BCUT2D eigenvalue weighted by Gasteiger charge is 2.39. The lowest BCUT2D eigenvalue weighted by Gasteiger charge is -2.27. The second-order valence-corrected chi connectivity index (χ2v) is 7.66. The highest BCUT2D eigenvalue weighted by Crippen LogP contribution is 2.31. The van der Waals surface area contributed by atoms with Crippen molar-refractivity contribution in [1.29, 1.82) is 0 Å². The Morgan fingerprint density at radius 3 is 2.46 bits per heavy atom. The summed E-state index contributed by atoms with van der Waals surface area (Å²) >= 11 is 0. The number of anilines is 1. The predicted octanol–water partition coefficient (Wildman–Crippen LogP) is 2.66. The molecule has 1 aromatic rings. The first-order valence-electron chi connectivity index (χ1n) is 8.44. The molecule has 2 atom stereocenters. The SMILES string of the molecule is COC(=O)C1CC(OC)CN1c1cc(C(C)(C)C)nc(C(C)C)n1. The van der Waals surface area contributed by atoms with Crippen LogP contribution in [0.5, 0.6) is 0 Å². The van der Waals surface area contributed by atoms with E-state index in [1.165, 1.54) is 7.11 Å². The van der Waals surface area contributed by atoms with Crippen molar-refractivity contribution in [2.24, 2.45) is 0 Å². The fourth-order valence-electron chi connectivity index (χ4n) is 2.82. The van der Waals surface area contributed by atoms with Gasteiger partial charge in [0, 0.05) is 37.5 Å². The van der Waals surface area contributed by atoms with Crippen molar-refractivity contribution >= 4 is 11.8 Å². The van der Waals surface area contributed by atoms with E-state index in [4.69, 9.17) is 19.4 Å². The molecule has 2 heterocycles. The molecule has 1 aliphatic rings. The average Bonchev–Trinajstić information content (AvgIpc) is 2.97. The summed E-state index contributed by atoms with van der Waals surface area (Å²) in [6, 6.07) is 1.61. The normalized spacial score (nSPS) is 21.4. The van der Waals surface area contributed by atoms with Crippen LogP contribution in [0.25, 0.3) is 0 Å². The van der Waals surface area contributed by atoms with Crippen LogP contribution in [0.1, 0.15) is 58.5 Å². The first-order valence-corrected chi connectivity index (χ1v) is 8.44. The van der Waals surface area contributed by atoms with Crippen molar-refractivity contribution < 1.29 is 14.3 Å². The molecule has 2 unspecified atom stereocenters. The van der Waals surface area contributed by atoms with Crippen LogP contribution in [0.3, 0.4) is 0 Å². The maximum atomic E-state index is 12.2. The van der Waals surface area contributed by atoms with Crippen molar-refractivity contribution in [3.05, 3.63) is 17.6 Å². The van der Waals surface area contributed by atoms with Crippen molar-refractivity contribution in [1.82, 2.24) is 9.97 Å². The molecular formula is C18H29N3O3. The Bertz CT molecular complexity index is 596. The van der Waals surface area contributed by atoms with Crippen molar-refractivity contribution in [2.45, 2.75) is 64.5 Å². The number of carbonyl (C=O) groups excluding carboxylic acids is 1. The van der Waals surface area contributed by atoms with Crippen LogP contribution in [-0.2, 0) is 19.7 Å². The number of carbonyl (C=O) groups is 1. The zero-order valence-electron chi connectivity index (χ0n) is 15.8. The van der Waals surface area contributed by atoms with E-state index in [-0.39, 0.29) is 29.4 Å². The van der Waals surface area contributed by atoms with Gasteiger partial charge in [-0.15, -0.1) is 0 Å². The monoisotopic (exact) mass is 335 g/mol. The summed E-state index contributed by atoms with van der Waals surface area (Å²) in [7, 11) is 3.09. The molecule has 0 saturated carbocycles. The third kappa shape index (κ3) is 3.86. The Labute approximate surface area is 144 Å². The molecule has 1 saturated heterocycles. The summed E-state index contributed by atoms with van der Waals surface area (Å²) in [5, 5.41) is 0. The van der Waals surface area contributed by atoms with Crippen LogP contribution in [0.15, 0.2) is 6.07 Å². The van der Waals surface area contributed by atoms with Gasteiger partial charge < -0.3 is 14.4 Å². The van der Waals surface area contributed by atoms with E-state index < -0.39 is 0 Å². The highest BCUT2D eigenvalue weighted by molar-refractivity contribution is 5.80. The third-order valence-electron chi connectivity index (χ3n) is 4.38. The molecule has 134 valence electrons. The molecule has 0 aromatic carbocycles. The molecule has 24 heavy (non-hydrogen) atoms. The minimum atomic E-state index is -0.373.